The molecule has 0 saturated heterocycles. The van der Waals surface area contributed by atoms with Gasteiger partial charge < -0.3 is 4.98 Å². The zero-order valence-corrected chi connectivity index (χ0v) is 13.0. The van der Waals surface area contributed by atoms with E-state index in [1.54, 1.807) is 0 Å². The van der Waals surface area contributed by atoms with Crippen LogP contribution < -0.4 is 5.56 Å². The molecule has 2 aromatic rings. The molecule has 0 saturated carbocycles. The molecule has 1 N–H and O–H groups in total. The molecule has 1 aromatic heterocycles. The Labute approximate surface area is 121 Å². The van der Waals surface area contributed by atoms with Gasteiger partial charge in [0.2, 0.25) is 0 Å². The number of halogens is 1. The summed E-state index contributed by atoms with van der Waals surface area (Å²) in [5, 5.41) is 0. The van der Waals surface area contributed by atoms with Crippen LogP contribution in [0.1, 0.15) is 30.2 Å². The molecule has 0 radical (unpaired) electrons. The number of hydrogen-bond acceptors (Lipinski definition) is 2. The van der Waals surface area contributed by atoms with Gasteiger partial charge in [0.15, 0.2) is 0 Å². The Kier molecular flexibility index (Phi) is 4.20. The van der Waals surface area contributed by atoms with E-state index in [1.165, 1.54) is 0 Å². The van der Waals surface area contributed by atoms with Crippen LogP contribution in [0, 0.1) is 13.8 Å². The van der Waals surface area contributed by atoms with E-state index >= 15 is 0 Å². The summed E-state index contributed by atoms with van der Waals surface area (Å²) in [6, 6.07) is 6.18. The van der Waals surface area contributed by atoms with E-state index in [1.807, 2.05) is 26.0 Å². The van der Waals surface area contributed by atoms with Gasteiger partial charge in [0.05, 0.1) is 5.69 Å². The van der Waals surface area contributed by atoms with Gasteiger partial charge >= 0.3 is 0 Å². The second-order valence-corrected chi connectivity index (χ2v) is 5.59. The maximum absolute atomic E-state index is 11.9. The van der Waals surface area contributed by atoms with Crippen LogP contribution in [-0.4, -0.2) is 9.97 Å². The summed E-state index contributed by atoms with van der Waals surface area (Å²) in [5.74, 6) is 0.642. The van der Waals surface area contributed by atoms with Crippen molar-refractivity contribution in [3.63, 3.8) is 0 Å². The molecule has 100 valence electrons. The zero-order valence-electron chi connectivity index (χ0n) is 11.4. The van der Waals surface area contributed by atoms with E-state index in [0.717, 1.165) is 35.2 Å². The highest BCUT2D eigenvalue weighted by Crippen LogP contribution is 2.20. The van der Waals surface area contributed by atoms with Crippen molar-refractivity contribution in [1.29, 1.82) is 0 Å². The Morgan fingerprint density at radius 1 is 1.21 bits per heavy atom. The van der Waals surface area contributed by atoms with Crippen molar-refractivity contribution in [2.75, 3.05) is 0 Å². The summed E-state index contributed by atoms with van der Waals surface area (Å²) in [6.45, 7) is 6.16. The van der Waals surface area contributed by atoms with Gasteiger partial charge in [-0.2, -0.15) is 0 Å². The standard InChI is InChI=1S/C15H17BrN2O/c1-4-5-12-13(16)15(19)18-14(17-12)11-7-9(2)6-10(3)8-11/h6-8H,4-5H2,1-3H3,(H,17,18,19). The van der Waals surface area contributed by atoms with Crippen molar-refractivity contribution < 1.29 is 0 Å². The van der Waals surface area contributed by atoms with Crippen LogP contribution in [-0.2, 0) is 6.42 Å². The third-order valence-electron chi connectivity index (χ3n) is 2.91. The van der Waals surface area contributed by atoms with E-state index in [4.69, 9.17) is 0 Å². The second kappa shape index (κ2) is 5.70. The molecule has 2 rings (SSSR count). The third kappa shape index (κ3) is 3.13. The second-order valence-electron chi connectivity index (χ2n) is 4.80. The molecule has 0 unspecified atom stereocenters. The van der Waals surface area contributed by atoms with Gasteiger partial charge in [-0.05, 0) is 48.3 Å². The summed E-state index contributed by atoms with van der Waals surface area (Å²) in [5.41, 5.74) is 3.99. The summed E-state index contributed by atoms with van der Waals surface area (Å²) in [4.78, 5) is 19.3. The van der Waals surface area contributed by atoms with Gasteiger partial charge in [-0.1, -0.05) is 30.5 Å². The fraction of sp³-hybridized carbons (Fsp3) is 0.333. The summed E-state index contributed by atoms with van der Waals surface area (Å²) in [6.07, 6.45) is 1.75. The number of aryl methyl sites for hydroxylation is 3. The quantitative estimate of drug-likeness (QED) is 0.935. The molecule has 0 aliphatic heterocycles. The Morgan fingerprint density at radius 2 is 1.84 bits per heavy atom. The van der Waals surface area contributed by atoms with Crippen LogP contribution in [0.15, 0.2) is 27.5 Å². The Balaban J connectivity index is 2.59. The largest absolute Gasteiger partial charge is 0.306 e. The normalized spacial score (nSPS) is 10.7. The van der Waals surface area contributed by atoms with Crippen molar-refractivity contribution >= 4 is 15.9 Å². The number of H-pyrrole nitrogens is 1. The van der Waals surface area contributed by atoms with E-state index < -0.39 is 0 Å². The fourth-order valence-corrected chi connectivity index (χ4v) is 2.54. The molecule has 4 heteroatoms. The number of nitrogens with one attached hydrogen (secondary N) is 1. The van der Waals surface area contributed by atoms with Crippen LogP contribution in [0.25, 0.3) is 11.4 Å². The summed E-state index contributed by atoms with van der Waals surface area (Å²) in [7, 11) is 0. The average Bonchev–Trinajstić information content (AvgIpc) is 2.33. The minimum absolute atomic E-state index is 0.118. The predicted molar refractivity (Wildman–Crippen MR) is 81.5 cm³/mol. The highest BCUT2D eigenvalue weighted by molar-refractivity contribution is 9.10. The summed E-state index contributed by atoms with van der Waals surface area (Å²) >= 11 is 3.31. The van der Waals surface area contributed by atoms with E-state index in [2.05, 4.69) is 38.9 Å². The first-order chi connectivity index (χ1) is 9.01. The molecular formula is C15H17BrN2O. The van der Waals surface area contributed by atoms with Gasteiger partial charge in [-0.25, -0.2) is 4.98 Å². The maximum atomic E-state index is 11.9. The topological polar surface area (TPSA) is 45.8 Å². The molecule has 19 heavy (non-hydrogen) atoms. The van der Waals surface area contributed by atoms with Crippen LogP contribution >= 0.6 is 15.9 Å². The highest BCUT2D eigenvalue weighted by atomic mass is 79.9. The number of nitrogens with zero attached hydrogens (tertiary/aromatic N) is 1. The van der Waals surface area contributed by atoms with Gasteiger partial charge in [-0.3, -0.25) is 4.79 Å². The fourth-order valence-electron chi connectivity index (χ4n) is 2.16. The Morgan fingerprint density at radius 3 is 2.42 bits per heavy atom. The SMILES string of the molecule is CCCc1nc(-c2cc(C)cc(C)c2)[nH]c(=O)c1Br. The molecular weight excluding hydrogens is 304 g/mol. The molecule has 0 bridgehead atoms. The zero-order chi connectivity index (χ0) is 14.0. The smallest absolute Gasteiger partial charge is 0.265 e. The number of rotatable bonds is 3. The highest BCUT2D eigenvalue weighted by Gasteiger charge is 2.10. The minimum Gasteiger partial charge on any atom is -0.306 e. The Hall–Kier alpha value is -1.42. The maximum Gasteiger partial charge on any atom is 0.265 e. The molecule has 0 aliphatic rings. The van der Waals surface area contributed by atoms with Crippen LogP contribution in [0.3, 0.4) is 0 Å². The van der Waals surface area contributed by atoms with Gasteiger partial charge in [-0.15, -0.1) is 0 Å². The molecule has 0 aliphatic carbocycles. The van der Waals surface area contributed by atoms with E-state index in [9.17, 15) is 4.79 Å². The summed E-state index contributed by atoms with van der Waals surface area (Å²) < 4.78 is 0.544. The lowest BCUT2D eigenvalue weighted by molar-refractivity contribution is 0.861. The molecule has 1 aromatic carbocycles. The average molecular weight is 321 g/mol. The Bertz CT molecular complexity index is 641. The first-order valence-electron chi connectivity index (χ1n) is 6.38. The minimum atomic E-state index is -0.118. The van der Waals surface area contributed by atoms with Crippen LogP contribution in [0.5, 0.6) is 0 Å². The monoisotopic (exact) mass is 320 g/mol. The lowest BCUT2D eigenvalue weighted by Crippen LogP contribution is -2.13. The van der Waals surface area contributed by atoms with Crippen molar-refractivity contribution in [2.24, 2.45) is 0 Å². The molecule has 0 spiro atoms. The van der Waals surface area contributed by atoms with E-state index in [0.29, 0.717) is 10.3 Å². The molecule has 1 heterocycles. The number of benzene rings is 1. The van der Waals surface area contributed by atoms with Crippen LogP contribution in [0.2, 0.25) is 0 Å². The van der Waals surface area contributed by atoms with Crippen molar-refractivity contribution in [3.05, 3.63) is 49.8 Å². The van der Waals surface area contributed by atoms with Crippen molar-refractivity contribution in [1.82, 2.24) is 9.97 Å². The first-order valence-corrected chi connectivity index (χ1v) is 7.18. The molecule has 3 nitrogen and oxygen atoms in total. The van der Waals surface area contributed by atoms with Gasteiger partial charge in [0, 0.05) is 5.56 Å². The van der Waals surface area contributed by atoms with E-state index in [-0.39, 0.29) is 5.56 Å². The van der Waals surface area contributed by atoms with Crippen LogP contribution in [0.4, 0.5) is 0 Å². The first kappa shape index (κ1) is 14.0. The molecule has 0 atom stereocenters. The van der Waals surface area contributed by atoms with Gasteiger partial charge in [0.1, 0.15) is 10.3 Å². The number of aromatic amines is 1. The van der Waals surface area contributed by atoms with Crippen molar-refractivity contribution in [2.45, 2.75) is 33.6 Å². The predicted octanol–water partition coefficient (Wildman–Crippen LogP) is 3.77. The van der Waals surface area contributed by atoms with Crippen molar-refractivity contribution in [3.8, 4) is 11.4 Å². The molecule has 0 fully saturated rings. The van der Waals surface area contributed by atoms with Gasteiger partial charge in [0.25, 0.3) is 5.56 Å². The lowest BCUT2D eigenvalue weighted by atomic mass is 10.1. The number of hydrogen-bond donors (Lipinski definition) is 1. The molecule has 0 amide bonds. The third-order valence-corrected chi connectivity index (χ3v) is 3.73. The number of aromatic nitrogens is 2. The lowest BCUT2D eigenvalue weighted by Gasteiger charge is -2.08.